The lowest BCUT2D eigenvalue weighted by atomic mass is 9.99. The van der Waals surface area contributed by atoms with E-state index in [4.69, 9.17) is 4.74 Å². The molecule has 0 fully saturated rings. The number of pyridine rings is 1. The molecule has 1 heterocycles. The summed E-state index contributed by atoms with van der Waals surface area (Å²) in [5.74, 6) is 0.343. The molecule has 100 valence electrons. The minimum absolute atomic E-state index is 0.0609. The Kier molecular flexibility index (Phi) is 4.47. The highest BCUT2D eigenvalue weighted by atomic mass is 19.1. The molecule has 0 bridgehead atoms. The summed E-state index contributed by atoms with van der Waals surface area (Å²) >= 11 is 0. The van der Waals surface area contributed by atoms with Gasteiger partial charge in [0.25, 0.3) is 0 Å². The van der Waals surface area contributed by atoms with Crippen molar-refractivity contribution in [2.24, 2.45) is 0 Å². The number of hydrogen-bond acceptors (Lipinski definition) is 3. The molecule has 0 aliphatic heterocycles. The average molecular weight is 260 g/mol. The zero-order valence-electron chi connectivity index (χ0n) is 11.1. The summed E-state index contributed by atoms with van der Waals surface area (Å²) in [7, 11) is 1.60. The third-order valence-electron chi connectivity index (χ3n) is 2.92. The molecule has 4 heteroatoms. The number of nitrogens with zero attached hydrogens (tertiary/aromatic N) is 1. The third kappa shape index (κ3) is 3.09. The first-order valence-electron chi connectivity index (χ1n) is 6.24. The zero-order valence-corrected chi connectivity index (χ0v) is 11.1. The van der Waals surface area contributed by atoms with Crippen molar-refractivity contribution in [1.29, 1.82) is 0 Å². The molecule has 1 aromatic heterocycles. The van der Waals surface area contributed by atoms with Crippen molar-refractivity contribution in [2.75, 3.05) is 13.7 Å². The van der Waals surface area contributed by atoms with Gasteiger partial charge in [-0.3, -0.25) is 0 Å². The molecule has 0 amide bonds. The Hall–Kier alpha value is -1.94. The van der Waals surface area contributed by atoms with E-state index in [-0.39, 0.29) is 11.9 Å². The molecule has 1 atom stereocenters. The standard InChI is InChI=1S/C15H17FN2O/c1-3-17-14(11-6-8-12(16)9-7-11)13-5-4-10-18-15(13)19-2/h4-10,14,17H,3H2,1-2H3. The van der Waals surface area contributed by atoms with Crippen LogP contribution in [0.3, 0.4) is 0 Å². The molecule has 0 aliphatic carbocycles. The SMILES string of the molecule is CCNC(c1ccc(F)cc1)c1cccnc1OC. The second kappa shape index (κ2) is 6.29. The highest BCUT2D eigenvalue weighted by Gasteiger charge is 2.17. The number of benzene rings is 1. The number of nitrogens with one attached hydrogen (secondary N) is 1. The summed E-state index contributed by atoms with van der Waals surface area (Å²) in [4.78, 5) is 4.21. The van der Waals surface area contributed by atoms with E-state index in [1.165, 1.54) is 12.1 Å². The van der Waals surface area contributed by atoms with Crippen LogP contribution in [-0.4, -0.2) is 18.6 Å². The van der Waals surface area contributed by atoms with Crippen molar-refractivity contribution in [1.82, 2.24) is 10.3 Å². The van der Waals surface area contributed by atoms with Crippen LogP contribution >= 0.6 is 0 Å². The van der Waals surface area contributed by atoms with Crippen LogP contribution in [0.15, 0.2) is 42.6 Å². The van der Waals surface area contributed by atoms with Crippen LogP contribution in [0, 0.1) is 5.82 Å². The van der Waals surface area contributed by atoms with Crippen molar-refractivity contribution in [3.63, 3.8) is 0 Å². The number of aromatic nitrogens is 1. The lowest BCUT2D eigenvalue weighted by molar-refractivity contribution is 0.387. The van der Waals surface area contributed by atoms with Crippen LogP contribution < -0.4 is 10.1 Å². The fourth-order valence-corrected chi connectivity index (χ4v) is 2.06. The predicted octanol–water partition coefficient (Wildman–Crippen LogP) is 2.93. The van der Waals surface area contributed by atoms with Gasteiger partial charge < -0.3 is 10.1 Å². The molecule has 2 aromatic rings. The van der Waals surface area contributed by atoms with Gasteiger partial charge in [0.1, 0.15) is 5.82 Å². The molecule has 1 unspecified atom stereocenters. The second-order valence-corrected chi connectivity index (χ2v) is 4.14. The first-order chi connectivity index (χ1) is 9.26. The summed E-state index contributed by atoms with van der Waals surface area (Å²) in [5, 5.41) is 3.37. The van der Waals surface area contributed by atoms with Crippen molar-refractivity contribution in [2.45, 2.75) is 13.0 Å². The molecule has 19 heavy (non-hydrogen) atoms. The largest absolute Gasteiger partial charge is 0.481 e. The molecular weight excluding hydrogens is 243 g/mol. The average Bonchev–Trinajstić information content (AvgIpc) is 2.46. The molecule has 2 rings (SSSR count). The van der Waals surface area contributed by atoms with Gasteiger partial charge in [0.05, 0.1) is 13.2 Å². The Morgan fingerprint density at radius 3 is 2.63 bits per heavy atom. The van der Waals surface area contributed by atoms with E-state index in [0.717, 1.165) is 17.7 Å². The van der Waals surface area contributed by atoms with E-state index in [2.05, 4.69) is 10.3 Å². The van der Waals surface area contributed by atoms with Gasteiger partial charge in [-0.05, 0) is 30.3 Å². The molecule has 0 saturated carbocycles. The predicted molar refractivity (Wildman–Crippen MR) is 72.7 cm³/mol. The van der Waals surface area contributed by atoms with Gasteiger partial charge in [-0.1, -0.05) is 25.1 Å². The molecule has 0 aliphatic rings. The molecule has 0 spiro atoms. The maximum absolute atomic E-state index is 13.0. The van der Waals surface area contributed by atoms with Crippen LogP contribution in [0.5, 0.6) is 5.88 Å². The summed E-state index contributed by atoms with van der Waals surface area (Å²) in [6.07, 6.45) is 1.69. The van der Waals surface area contributed by atoms with E-state index >= 15 is 0 Å². The van der Waals surface area contributed by atoms with Gasteiger partial charge in [-0.2, -0.15) is 0 Å². The third-order valence-corrected chi connectivity index (χ3v) is 2.92. The first-order valence-corrected chi connectivity index (χ1v) is 6.24. The molecule has 0 saturated heterocycles. The highest BCUT2D eigenvalue weighted by molar-refractivity contribution is 5.37. The zero-order chi connectivity index (χ0) is 13.7. The van der Waals surface area contributed by atoms with Gasteiger partial charge in [-0.25, -0.2) is 9.37 Å². The highest BCUT2D eigenvalue weighted by Crippen LogP contribution is 2.28. The maximum Gasteiger partial charge on any atom is 0.218 e. The molecular formula is C15H17FN2O. The number of methoxy groups -OCH3 is 1. The molecule has 1 N–H and O–H groups in total. The van der Waals surface area contributed by atoms with Gasteiger partial charge in [0.2, 0.25) is 5.88 Å². The summed E-state index contributed by atoms with van der Waals surface area (Å²) in [5.41, 5.74) is 1.92. The van der Waals surface area contributed by atoms with E-state index in [9.17, 15) is 4.39 Å². The summed E-state index contributed by atoms with van der Waals surface area (Å²) in [6, 6.07) is 10.2. The molecule has 3 nitrogen and oxygen atoms in total. The van der Waals surface area contributed by atoms with Crippen LogP contribution in [0.25, 0.3) is 0 Å². The van der Waals surface area contributed by atoms with Crippen LogP contribution in [0.4, 0.5) is 4.39 Å². The monoisotopic (exact) mass is 260 g/mol. The lowest BCUT2D eigenvalue weighted by Gasteiger charge is -2.20. The van der Waals surface area contributed by atoms with Crippen molar-refractivity contribution >= 4 is 0 Å². The Morgan fingerprint density at radius 2 is 2.00 bits per heavy atom. The number of halogens is 1. The van der Waals surface area contributed by atoms with Crippen molar-refractivity contribution < 1.29 is 9.13 Å². The summed E-state index contributed by atoms with van der Waals surface area (Å²) < 4.78 is 18.3. The van der Waals surface area contributed by atoms with Gasteiger partial charge >= 0.3 is 0 Å². The van der Waals surface area contributed by atoms with E-state index in [1.54, 1.807) is 25.4 Å². The molecule has 1 aromatic carbocycles. The minimum atomic E-state index is -0.239. The maximum atomic E-state index is 13.0. The Bertz CT molecular complexity index is 528. The van der Waals surface area contributed by atoms with Crippen LogP contribution in [0.2, 0.25) is 0 Å². The number of rotatable bonds is 5. The van der Waals surface area contributed by atoms with Crippen LogP contribution in [-0.2, 0) is 0 Å². The normalized spacial score (nSPS) is 12.2. The first kappa shape index (κ1) is 13.5. The van der Waals surface area contributed by atoms with Gasteiger partial charge in [0, 0.05) is 11.8 Å². The number of hydrogen-bond donors (Lipinski definition) is 1. The van der Waals surface area contributed by atoms with E-state index in [1.807, 2.05) is 19.1 Å². The van der Waals surface area contributed by atoms with Gasteiger partial charge in [-0.15, -0.1) is 0 Å². The topological polar surface area (TPSA) is 34.2 Å². The van der Waals surface area contributed by atoms with E-state index < -0.39 is 0 Å². The van der Waals surface area contributed by atoms with E-state index in [0.29, 0.717) is 5.88 Å². The van der Waals surface area contributed by atoms with Crippen LogP contribution in [0.1, 0.15) is 24.1 Å². The van der Waals surface area contributed by atoms with Crippen molar-refractivity contribution in [3.05, 3.63) is 59.5 Å². The second-order valence-electron chi connectivity index (χ2n) is 4.14. The Morgan fingerprint density at radius 1 is 1.26 bits per heavy atom. The molecule has 0 radical (unpaired) electrons. The van der Waals surface area contributed by atoms with Gasteiger partial charge in [0.15, 0.2) is 0 Å². The fourth-order valence-electron chi connectivity index (χ4n) is 2.06. The lowest BCUT2D eigenvalue weighted by Crippen LogP contribution is -2.22. The fraction of sp³-hybridized carbons (Fsp3) is 0.267. The summed E-state index contributed by atoms with van der Waals surface area (Å²) in [6.45, 7) is 2.82. The smallest absolute Gasteiger partial charge is 0.218 e. The number of ether oxygens (including phenoxy) is 1. The van der Waals surface area contributed by atoms with Crippen molar-refractivity contribution in [3.8, 4) is 5.88 Å². The Balaban J connectivity index is 2.42. The minimum Gasteiger partial charge on any atom is -0.481 e. The quantitative estimate of drug-likeness (QED) is 0.897. The Labute approximate surface area is 112 Å².